The van der Waals surface area contributed by atoms with Crippen LogP contribution in [0.3, 0.4) is 0 Å². The van der Waals surface area contributed by atoms with E-state index >= 15 is 0 Å². The molecule has 0 saturated carbocycles. The van der Waals surface area contributed by atoms with Crippen LogP contribution in [0.15, 0.2) is 29.3 Å². The second kappa shape index (κ2) is 9.56. The molecule has 150 valence electrons. The lowest BCUT2D eigenvalue weighted by Gasteiger charge is -2.37. The molecule has 5 heteroatoms. The summed E-state index contributed by atoms with van der Waals surface area (Å²) in [6.45, 7) is 13.5. The van der Waals surface area contributed by atoms with E-state index in [1.54, 1.807) is 0 Å². The van der Waals surface area contributed by atoms with Gasteiger partial charge in [-0.2, -0.15) is 0 Å². The Labute approximate surface area is 165 Å². The molecular formula is C22H37N5. The lowest BCUT2D eigenvalue weighted by molar-refractivity contribution is 0.148. The highest BCUT2D eigenvalue weighted by Gasteiger charge is 2.23. The quantitative estimate of drug-likeness (QED) is 0.651. The molecule has 1 aromatic carbocycles. The van der Waals surface area contributed by atoms with Gasteiger partial charge in [-0.3, -0.25) is 9.89 Å². The highest BCUT2D eigenvalue weighted by atomic mass is 15.3. The number of likely N-dealkylation sites (N-methyl/N-ethyl adjacent to an activating group) is 1. The standard InChI is InChI=1S/C22H37N5/c1-18-13-19(2)16-27(15-18)22(23-3)24-14-20-5-7-21(8-6-20)17-26-11-9-25(4)10-12-26/h5-8,18-19H,9-17H2,1-4H3,(H,23,24). The van der Waals surface area contributed by atoms with Crippen LogP contribution < -0.4 is 5.32 Å². The minimum absolute atomic E-state index is 0.737. The van der Waals surface area contributed by atoms with Crippen LogP contribution in [0.25, 0.3) is 0 Å². The third-order valence-corrected chi connectivity index (χ3v) is 5.86. The van der Waals surface area contributed by atoms with Crippen molar-refractivity contribution in [2.24, 2.45) is 16.8 Å². The van der Waals surface area contributed by atoms with Gasteiger partial charge in [0.05, 0.1) is 0 Å². The van der Waals surface area contributed by atoms with Crippen molar-refractivity contribution in [3.05, 3.63) is 35.4 Å². The van der Waals surface area contributed by atoms with E-state index < -0.39 is 0 Å². The third kappa shape index (κ3) is 5.94. The Hall–Kier alpha value is -1.59. The average Bonchev–Trinajstić information content (AvgIpc) is 2.65. The molecule has 2 heterocycles. The van der Waals surface area contributed by atoms with Gasteiger partial charge in [0.1, 0.15) is 0 Å². The topological polar surface area (TPSA) is 34.1 Å². The highest BCUT2D eigenvalue weighted by molar-refractivity contribution is 5.80. The first-order valence-corrected chi connectivity index (χ1v) is 10.5. The molecule has 0 bridgehead atoms. The summed E-state index contributed by atoms with van der Waals surface area (Å²) in [5, 5.41) is 3.56. The van der Waals surface area contributed by atoms with Crippen molar-refractivity contribution in [3.8, 4) is 0 Å². The predicted octanol–water partition coefficient (Wildman–Crippen LogP) is 2.49. The first-order chi connectivity index (χ1) is 13.0. The van der Waals surface area contributed by atoms with E-state index in [4.69, 9.17) is 0 Å². The van der Waals surface area contributed by atoms with Crippen molar-refractivity contribution in [2.75, 3.05) is 53.4 Å². The van der Waals surface area contributed by atoms with E-state index in [1.165, 1.54) is 43.7 Å². The Morgan fingerprint density at radius 3 is 2.19 bits per heavy atom. The Balaban J connectivity index is 1.49. The molecule has 2 saturated heterocycles. The number of likely N-dealkylation sites (tertiary alicyclic amines) is 1. The molecule has 2 aliphatic rings. The first kappa shape index (κ1) is 20.2. The summed E-state index contributed by atoms with van der Waals surface area (Å²) >= 11 is 0. The van der Waals surface area contributed by atoms with Crippen LogP contribution in [0.5, 0.6) is 0 Å². The number of aliphatic imine (C=N–C) groups is 1. The van der Waals surface area contributed by atoms with Crippen LogP contribution in [0.2, 0.25) is 0 Å². The van der Waals surface area contributed by atoms with E-state index in [1.807, 2.05) is 7.05 Å². The number of rotatable bonds is 4. The first-order valence-electron chi connectivity index (χ1n) is 10.5. The second-order valence-electron chi connectivity index (χ2n) is 8.65. The number of hydrogen-bond donors (Lipinski definition) is 1. The van der Waals surface area contributed by atoms with Gasteiger partial charge in [-0.15, -0.1) is 0 Å². The van der Waals surface area contributed by atoms with Crippen LogP contribution in [0.1, 0.15) is 31.4 Å². The zero-order chi connectivity index (χ0) is 19.2. The van der Waals surface area contributed by atoms with Crippen molar-refractivity contribution in [1.29, 1.82) is 0 Å². The van der Waals surface area contributed by atoms with Gasteiger partial charge in [0.15, 0.2) is 5.96 Å². The number of piperazine rings is 1. The van der Waals surface area contributed by atoms with Gasteiger partial charge in [-0.1, -0.05) is 38.1 Å². The maximum atomic E-state index is 4.52. The van der Waals surface area contributed by atoms with Crippen molar-refractivity contribution in [3.63, 3.8) is 0 Å². The Kier molecular flexibility index (Phi) is 7.13. The minimum Gasteiger partial charge on any atom is -0.352 e. The molecule has 0 aliphatic carbocycles. The molecule has 2 fully saturated rings. The second-order valence-corrected chi connectivity index (χ2v) is 8.65. The van der Waals surface area contributed by atoms with E-state index in [-0.39, 0.29) is 0 Å². The van der Waals surface area contributed by atoms with Gasteiger partial charge in [0, 0.05) is 59.4 Å². The molecule has 0 spiro atoms. The maximum absolute atomic E-state index is 4.52. The number of guanidine groups is 1. The summed E-state index contributed by atoms with van der Waals surface area (Å²) < 4.78 is 0. The lowest BCUT2D eigenvalue weighted by atomic mass is 9.92. The van der Waals surface area contributed by atoms with E-state index in [2.05, 4.69) is 70.2 Å². The zero-order valence-corrected chi connectivity index (χ0v) is 17.6. The van der Waals surface area contributed by atoms with Gasteiger partial charge in [-0.05, 0) is 36.4 Å². The number of nitrogens with one attached hydrogen (secondary N) is 1. The molecule has 0 amide bonds. The van der Waals surface area contributed by atoms with Gasteiger partial charge in [0.2, 0.25) is 0 Å². The van der Waals surface area contributed by atoms with Crippen LogP contribution in [0, 0.1) is 11.8 Å². The monoisotopic (exact) mass is 371 g/mol. The summed E-state index contributed by atoms with van der Waals surface area (Å²) in [4.78, 5) is 11.9. The Bertz CT molecular complexity index is 594. The summed E-state index contributed by atoms with van der Waals surface area (Å²) in [6.07, 6.45) is 1.32. The van der Waals surface area contributed by atoms with E-state index in [9.17, 15) is 0 Å². The number of piperidine rings is 1. The van der Waals surface area contributed by atoms with E-state index in [0.29, 0.717) is 0 Å². The molecule has 5 nitrogen and oxygen atoms in total. The largest absolute Gasteiger partial charge is 0.352 e. The lowest BCUT2D eigenvalue weighted by Crippen LogP contribution is -2.48. The van der Waals surface area contributed by atoms with Crippen molar-refractivity contribution < 1.29 is 0 Å². The average molecular weight is 372 g/mol. The number of hydrogen-bond acceptors (Lipinski definition) is 3. The molecule has 0 aromatic heterocycles. The molecule has 2 unspecified atom stereocenters. The molecule has 3 rings (SSSR count). The summed E-state index contributed by atoms with van der Waals surface area (Å²) in [5.74, 6) is 2.51. The highest BCUT2D eigenvalue weighted by Crippen LogP contribution is 2.21. The van der Waals surface area contributed by atoms with Gasteiger partial charge < -0.3 is 15.1 Å². The molecule has 2 aliphatic heterocycles. The summed E-state index contributed by atoms with van der Waals surface area (Å²) in [5.41, 5.74) is 2.72. The SMILES string of the molecule is CN=C(NCc1ccc(CN2CCN(C)CC2)cc1)N1CC(C)CC(C)C1. The van der Waals surface area contributed by atoms with Crippen LogP contribution in [-0.2, 0) is 13.1 Å². The Morgan fingerprint density at radius 2 is 1.59 bits per heavy atom. The molecule has 1 aromatic rings. The zero-order valence-electron chi connectivity index (χ0n) is 17.6. The van der Waals surface area contributed by atoms with Gasteiger partial charge in [-0.25, -0.2) is 0 Å². The number of benzene rings is 1. The third-order valence-electron chi connectivity index (χ3n) is 5.86. The minimum atomic E-state index is 0.737. The van der Waals surface area contributed by atoms with Gasteiger partial charge in [0.25, 0.3) is 0 Å². The Morgan fingerprint density at radius 1 is 1.00 bits per heavy atom. The maximum Gasteiger partial charge on any atom is 0.193 e. The normalized spacial score (nSPS) is 25.6. The number of nitrogens with zero attached hydrogens (tertiary/aromatic N) is 4. The molecular weight excluding hydrogens is 334 g/mol. The van der Waals surface area contributed by atoms with Crippen LogP contribution >= 0.6 is 0 Å². The fourth-order valence-corrected chi connectivity index (χ4v) is 4.38. The molecule has 1 N–H and O–H groups in total. The smallest absolute Gasteiger partial charge is 0.193 e. The fourth-order valence-electron chi connectivity index (χ4n) is 4.38. The fraction of sp³-hybridized carbons (Fsp3) is 0.682. The van der Waals surface area contributed by atoms with Crippen molar-refractivity contribution in [2.45, 2.75) is 33.4 Å². The molecule has 2 atom stereocenters. The molecule has 0 radical (unpaired) electrons. The van der Waals surface area contributed by atoms with Gasteiger partial charge >= 0.3 is 0 Å². The van der Waals surface area contributed by atoms with Crippen molar-refractivity contribution >= 4 is 5.96 Å². The predicted molar refractivity (Wildman–Crippen MR) is 114 cm³/mol. The summed E-state index contributed by atoms with van der Waals surface area (Å²) in [6, 6.07) is 9.08. The van der Waals surface area contributed by atoms with Crippen molar-refractivity contribution in [1.82, 2.24) is 20.0 Å². The van der Waals surface area contributed by atoms with Crippen LogP contribution in [-0.4, -0.2) is 74.0 Å². The molecule has 27 heavy (non-hydrogen) atoms. The van der Waals surface area contributed by atoms with E-state index in [0.717, 1.165) is 44.0 Å². The summed E-state index contributed by atoms with van der Waals surface area (Å²) in [7, 11) is 4.10. The van der Waals surface area contributed by atoms with Crippen LogP contribution in [0.4, 0.5) is 0 Å².